The van der Waals surface area contributed by atoms with Crippen LogP contribution < -0.4 is 27.0 Å². The SMILES string of the molecule is CC(=O)NC1C(OC2C(O)C(CO)OC(OC3C(CO)OC(OC4C(O)C(CO)OC(OC5C(CO)OC(OCCCN)C(NC(C)=O)C5O)C4O)C(NC(C)=O)C3O)C2O)OC(CO)C(OC2OC(COC3(C(=O)O)CC(O)C(NC(C)=O)C(C(O)C(O)CO)O3)C(O)C(O)C2O)C1O. The van der Waals surface area contributed by atoms with Gasteiger partial charge in [0.1, 0.15) is 165 Å². The van der Waals surface area contributed by atoms with Crippen LogP contribution in [-0.4, -0.2) is 411 Å². The van der Waals surface area contributed by atoms with Gasteiger partial charge >= 0.3 is 5.97 Å². The van der Waals surface area contributed by atoms with E-state index in [0.717, 1.165) is 27.7 Å². The second-order valence-corrected chi connectivity index (χ2v) is 25.0. The molecule has 0 aromatic heterocycles. The molecule has 0 saturated carbocycles. The van der Waals surface area contributed by atoms with Crippen molar-refractivity contribution in [2.45, 2.75) is 261 Å². The highest BCUT2D eigenvalue weighted by atomic mass is 16.8. The number of aliphatic hydroxyl groups excluding tert-OH is 19. The maximum absolute atomic E-state index is 12.9. The van der Waals surface area contributed by atoms with Crippen molar-refractivity contribution < 1.29 is 192 Å². The second kappa shape index (κ2) is 36.8. The van der Waals surface area contributed by atoms with Crippen molar-refractivity contribution in [1.82, 2.24) is 21.3 Å². The average molecular weight is 1460 g/mol. The van der Waals surface area contributed by atoms with Crippen molar-refractivity contribution in [1.29, 1.82) is 0 Å². The number of hydrogen-bond donors (Lipinski definition) is 25. The molecule has 26 N–H and O–H groups in total. The molecule has 0 bridgehead atoms. The van der Waals surface area contributed by atoms with Crippen molar-refractivity contribution in [2.24, 2.45) is 5.73 Å². The van der Waals surface area contributed by atoms with Crippen LogP contribution in [0.2, 0.25) is 0 Å². The van der Waals surface area contributed by atoms with Crippen molar-refractivity contribution in [3.63, 3.8) is 0 Å². The number of aliphatic hydroxyl groups is 19. The molecular formula is C56H95N5O39. The van der Waals surface area contributed by atoms with E-state index in [4.69, 9.17) is 72.0 Å². The van der Waals surface area contributed by atoms with Crippen molar-refractivity contribution in [3.05, 3.63) is 0 Å². The Hall–Kier alpha value is -4.01. The predicted octanol–water partition coefficient (Wildman–Crippen LogP) is -16.1. The fraction of sp³-hybridized carbons (Fsp3) is 0.911. The molecule has 44 nitrogen and oxygen atoms in total. The third-order valence-electron chi connectivity index (χ3n) is 17.7. The van der Waals surface area contributed by atoms with Crippen LogP contribution in [0.4, 0.5) is 0 Å². The molecule has 0 spiro atoms. The minimum atomic E-state index is -3.02. The Kier molecular flexibility index (Phi) is 30.6. The zero-order valence-electron chi connectivity index (χ0n) is 54.3. The van der Waals surface area contributed by atoms with E-state index in [1.807, 2.05) is 0 Å². The van der Waals surface area contributed by atoms with E-state index >= 15 is 0 Å². The minimum Gasteiger partial charge on any atom is -0.477 e. The molecule has 7 aliphatic heterocycles. The highest BCUT2D eigenvalue weighted by molar-refractivity contribution is 5.77. The largest absolute Gasteiger partial charge is 0.477 e. The van der Waals surface area contributed by atoms with Gasteiger partial charge in [-0.05, 0) is 13.0 Å². The van der Waals surface area contributed by atoms with Crippen LogP contribution in [0.1, 0.15) is 40.5 Å². The molecule has 7 heterocycles. The van der Waals surface area contributed by atoms with Crippen molar-refractivity contribution >= 4 is 29.6 Å². The Balaban J connectivity index is 1.07. The van der Waals surface area contributed by atoms with Gasteiger partial charge in [0.15, 0.2) is 37.7 Å². The van der Waals surface area contributed by atoms with Gasteiger partial charge in [-0.3, -0.25) is 19.2 Å². The zero-order valence-corrected chi connectivity index (χ0v) is 54.3. The lowest BCUT2D eigenvalue weighted by Gasteiger charge is -2.51. The van der Waals surface area contributed by atoms with E-state index in [0.29, 0.717) is 6.42 Å². The molecule has 4 amide bonds. The maximum atomic E-state index is 12.9. The number of carbonyl (C=O) groups excluding carboxylic acids is 4. The number of carboxylic acid groups (broad SMARTS) is 1. The molecule has 44 heteroatoms. The first-order valence-corrected chi connectivity index (χ1v) is 31.9. The number of carbonyl (C=O) groups is 5. The number of nitrogens with one attached hydrogen (secondary N) is 4. The molecule has 7 rings (SSSR count). The lowest BCUT2D eigenvalue weighted by Crippen LogP contribution is -2.71. The molecular weight excluding hydrogens is 1370 g/mol. The fourth-order valence-electron chi connectivity index (χ4n) is 12.6. The molecule has 0 radical (unpaired) electrons. The van der Waals surface area contributed by atoms with Crippen molar-refractivity contribution in [2.75, 3.05) is 59.4 Å². The quantitative estimate of drug-likeness (QED) is 0.0297. The lowest BCUT2D eigenvalue weighted by molar-refractivity contribution is -0.386. The first-order chi connectivity index (χ1) is 47.2. The van der Waals surface area contributed by atoms with E-state index in [1.165, 1.54) is 0 Å². The Morgan fingerprint density at radius 3 is 1.19 bits per heavy atom. The molecule has 0 aromatic carbocycles. The highest BCUT2D eigenvalue weighted by Gasteiger charge is 2.61. The van der Waals surface area contributed by atoms with Gasteiger partial charge in [-0.1, -0.05) is 0 Å². The van der Waals surface area contributed by atoms with Gasteiger partial charge in [0.25, 0.3) is 5.79 Å². The number of nitrogens with two attached hydrogens (primary N) is 1. The number of ether oxygens (including phenoxy) is 14. The van der Waals surface area contributed by atoms with E-state index in [1.54, 1.807) is 0 Å². The minimum absolute atomic E-state index is 0.00437. The molecule has 36 unspecified atom stereocenters. The maximum Gasteiger partial charge on any atom is 0.364 e. The van der Waals surface area contributed by atoms with E-state index in [-0.39, 0.29) is 13.2 Å². The molecule has 36 atom stereocenters. The summed E-state index contributed by atoms with van der Waals surface area (Å²) >= 11 is 0. The Bertz CT molecular complexity index is 2620. The lowest BCUT2D eigenvalue weighted by atomic mass is 9.88. The topological polar surface area (TPSA) is 693 Å². The number of aliphatic carboxylic acids is 1. The van der Waals surface area contributed by atoms with E-state index < -0.39 is 303 Å². The van der Waals surface area contributed by atoms with Crippen LogP contribution in [0.15, 0.2) is 0 Å². The van der Waals surface area contributed by atoms with Gasteiger partial charge in [0, 0.05) is 34.1 Å². The highest BCUT2D eigenvalue weighted by Crippen LogP contribution is 2.39. The molecule has 578 valence electrons. The number of amides is 4. The second-order valence-electron chi connectivity index (χ2n) is 25.0. The Labute approximate surface area is 568 Å². The summed E-state index contributed by atoms with van der Waals surface area (Å²) < 4.78 is 81.6. The smallest absolute Gasteiger partial charge is 0.364 e. The molecule has 0 aliphatic carbocycles. The third-order valence-corrected chi connectivity index (χ3v) is 17.7. The van der Waals surface area contributed by atoms with Crippen LogP contribution in [0.25, 0.3) is 0 Å². The van der Waals surface area contributed by atoms with Gasteiger partial charge in [-0.2, -0.15) is 0 Å². The van der Waals surface area contributed by atoms with Crippen LogP contribution in [0.5, 0.6) is 0 Å². The van der Waals surface area contributed by atoms with Crippen LogP contribution in [-0.2, 0) is 90.3 Å². The first-order valence-electron chi connectivity index (χ1n) is 31.9. The predicted molar refractivity (Wildman–Crippen MR) is 313 cm³/mol. The molecule has 100 heavy (non-hydrogen) atoms. The summed E-state index contributed by atoms with van der Waals surface area (Å²) in [5.41, 5.74) is 5.57. The van der Waals surface area contributed by atoms with Crippen LogP contribution in [0.3, 0.4) is 0 Å². The van der Waals surface area contributed by atoms with Gasteiger partial charge in [0.2, 0.25) is 23.6 Å². The van der Waals surface area contributed by atoms with Crippen LogP contribution >= 0.6 is 0 Å². The number of carboxylic acids is 1. The monoisotopic (exact) mass is 1460 g/mol. The molecule has 0 aromatic rings. The summed E-state index contributed by atoms with van der Waals surface area (Å²) in [6, 6.07) is -6.78. The number of rotatable bonds is 30. The van der Waals surface area contributed by atoms with E-state index in [9.17, 15) is 126 Å². The standard InChI is InChI=1S/C56H95N5O39/c1-16(68)58-28-20(72)8-56(55(85)86,100-46(28)32(74)21(73)9-62)88-15-27-33(75)39(81)40(82)52(94-27)95-44-25(13-66)92-50(30(37(44)79)60-18(3)70)98-48-35(77)23(11-64)90-54(42(48)84)97-45-26(14-67)93-51(31(38(45)80)61-19(4)71)99-47-34(76)22(10-63)89-53(41(47)83)96-43-24(12-65)91-49(87-7-5-6-57)29(36(43)78)59-17(2)69/h20-54,62-67,72-84H,5-15,57H2,1-4H3,(H,58,68)(H,59,69)(H,60,70)(H,61,71)(H,85,86). The Morgan fingerprint density at radius 1 is 0.450 bits per heavy atom. The summed E-state index contributed by atoms with van der Waals surface area (Å²) in [7, 11) is 0. The summed E-state index contributed by atoms with van der Waals surface area (Å²) in [5.74, 6) is -8.32. The van der Waals surface area contributed by atoms with E-state index in [2.05, 4.69) is 21.3 Å². The summed E-state index contributed by atoms with van der Waals surface area (Å²) in [6.45, 7) is -3.30. The van der Waals surface area contributed by atoms with Crippen molar-refractivity contribution in [3.8, 4) is 0 Å². The molecule has 7 fully saturated rings. The van der Waals surface area contributed by atoms with Gasteiger partial charge in [0.05, 0.1) is 65.0 Å². The molecule has 7 aliphatic rings. The normalized spacial score (nSPS) is 44.7. The average Bonchev–Trinajstić information content (AvgIpc) is 0.776. The van der Waals surface area contributed by atoms with Gasteiger partial charge < -0.3 is 195 Å². The zero-order chi connectivity index (χ0) is 74.1. The third kappa shape index (κ3) is 19.0. The number of hydrogen-bond acceptors (Lipinski definition) is 39. The first kappa shape index (κ1) is 83.3. The van der Waals surface area contributed by atoms with Crippen LogP contribution in [0, 0.1) is 0 Å². The van der Waals surface area contributed by atoms with Gasteiger partial charge in [-0.15, -0.1) is 0 Å². The summed E-state index contributed by atoms with van der Waals surface area (Å²) in [6.07, 6.45) is -62.8. The fourth-order valence-corrected chi connectivity index (χ4v) is 12.6. The molecule has 7 saturated heterocycles. The summed E-state index contributed by atoms with van der Waals surface area (Å²) in [4.78, 5) is 62.8. The van der Waals surface area contributed by atoms with Gasteiger partial charge in [-0.25, -0.2) is 4.79 Å². The summed E-state index contributed by atoms with van der Waals surface area (Å²) in [5, 5.41) is 230. The Morgan fingerprint density at radius 2 is 0.810 bits per heavy atom.